The second-order valence-electron chi connectivity index (χ2n) is 5.59. The SMILES string of the molecule is CN(CCCC(C)(C)C(=N)N)Cc1nccn1C. The molecule has 0 aliphatic carbocycles. The maximum Gasteiger partial charge on any atom is 0.122 e. The summed E-state index contributed by atoms with van der Waals surface area (Å²) in [5, 5.41) is 7.52. The van der Waals surface area contributed by atoms with Gasteiger partial charge in [-0.2, -0.15) is 0 Å². The average molecular weight is 251 g/mol. The molecule has 0 fully saturated rings. The predicted octanol–water partition coefficient (Wildman–Crippen LogP) is 1.59. The highest BCUT2D eigenvalue weighted by molar-refractivity contribution is 5.82. The zero-order valence-electron chi connectivity index (χ0n) is 11.9. The molecule has 0 amide bonds. The van der Waals surface area contributed by atoms with E-state index in [1.165, 1.54) is 0 Å². The minimum atomic E-state index is -0.190. The van der Waals surface area contributed by atoms with Crippen LogP contribution in [0.4, 0.5) is 0 Å². The van der Waals surface area contributed by atoms with Crippen LogP contribution in [-0.4, -0.2) is 33.9 Å². The number of nitrogens with two attached hydrogens (primary N) is 1. The summed E-state index contributed by atoms with van der Waals surface area (Å²) in [5.41, 5.74) is 5.38. The van der Waals surface area contributed by atoms with E-state index in [4.69, 9.17) is 11.1 Å². The first-order valence-corrected chi connectivity index (χ1v) is 6.32. The van der Waals surface area contributed by atoms with Crippen LogP contribution in [0.25, 0.3) is 0 Å². The molecule has 0 aliphatic rings. The van der Waals surface area contributed by atoms with E-state index in [1.807, 2.05) is 37.9 Å². The Balaban J connectivity index is 2.32. The summed E-state index contributed by atoms with van der Waals surface area (Å²) in [6.45, 7) is 5.88. The summed E-state index contributed by atoms with van der Waals surface area (Å²) in [5.74, 6) is 1.34. The molecule has 0 bridgehead atoms. The number of nitrogens with one attached hydrogen (secondary N) is 1. The van der Waals surface area contributed by atoms with E-state index in [-0.39, 0.29) is 11.3 Å². The van der Waals surface area contributed by atoms with Crippen molar-refractivity contribution in [3.63, 3.8) is 0 Å². The second-order valence-corrected chi connectivity index (χ2v) is 5.59. The molecular weight excluding hydrogens is 226 g/mol. The van der Waals surface area contributed by atoms with Crippen LogP contribution in [0.2, 0.25) is 0 Å². The van der Waals surface area contributed by atoms with E-state index < -0.39 is 0 Å². The van der Waals surface area contributed by atoms with Gasteiger partial charge in [-0.15, -0.1) is 0 Å². The highest BCUT2D eigenvalue weighted by Crippen LogP contribution is 2.21. The van der Waals surface area contributed by atoms with Gasteiger partial charge >= 0.3 is 0 Å². The summed E-state index contributed by atoms with van der Waals surface area (Å²) in [6, 6.07) is 0. The number of nitrogens with zero attached hydrogens (tertiary/aromatic N) is 3. The Kier molecular flexibility index (Phi) is 4.90. The lowest BCUT2D eigenvalue weighted by molar-refractivity contribution is 0.291. The minimum absolute atomic E-state index is 0.190. The molecule has 1 rings (SSSR count). The van der Waals surface area contributed by atoms with Crippen molar-refractivity contribution in [1.82, 2.24) is 14.5 Å². The molecule has 1 aromatic heterocycles. The van der Waals surface area contributed by atoms with Gasteiger partial charge in [0.05, 0.1) is 12.4 Å². The van der Waals surface area contributed by atoms with Crippen molar-refractivity contribution in [1.29, 1.82) is 5.41 Å². The first-order valence-electron chi connectivity index (χ1n) is 6.32. The Hall–Kier alpha value is -1.36. The van der Waals surface area contributed by atoms with E-state index in [9.17, 15) is 0 Å². The molecule has 0 unspecified atom stereocenters. The maximum absolute atomic E-state index is 7.52. The van der Waals surface area contributed by atoms with Gasteiger partial charge in [0, 0.05) is 24.9 Å². The number of hydrogen-bond donors (Lipinski definition) is 2. The third kappa shape index (κ3) is 4.14. The molecule has 0 atom stereocenters. The van der Waals surface area contributed by atoms with Crippen molar-refractivity contribution >= 4 is 5.84 Å². The second kappa shape index (κ2) is 6.00. The van der Waals surface area contributed by atoms with Gasteiger partial charge < -0.3 is 10.3 Å². The Morgan fingerprint density at radius 2 is 2.22 bits per heavy atom. The van der Waals surface area contributed by atoms with E-state index in [1.54, 1.807) is 0 Å². The fourth-order valence-corrected chi connectivity index (χ4v) is 1.79. The van der Waals surface area contributed by atoms with Crippen LogP contribution in [0.3, 0.4) is 0 Å². The molecule has 0 aromatic carbocycles. The minimum Gasteiger partial charge on any atom is -0.387 e. The average Bonchev–Trinajstić information content (AvgIpc) is 2.64. The fourth-order valence-electron chi connectivity index (χ4n) is 1.79. The molecular formula is C13H25N5. The van der Waals surface area contributed by atoms with E-state index in [2.05, 4.69) is 16.9 Å². The van der Waals surface area contributed by atoms with Crippen molar-refractivity contribution in [3.05, 3.63) is 18.2 Å². The van der Waals surface area contributed by atoms with E-state index in [0.717, 1.165) is 31.8 Å². The molecule has 0 saturated carbocycles. The predicted molar refractivity (Wildman–Crippen MR) is 74.5 cm³/mol. The number of amidine groups is 1. The summed E-state index contributed by atoms with van der Waals surface area (Å²) < 4.78 is 2.04. The quantitative estimate of drug-likeness (QED) is 0.571. The Morgan fingerprint density at radius 1 is 1.56 bits per heavy atom. The zero-order valence-corrected chi connectivity index (χ0v) is 11.9. The largest absolute Gasteiger partial charge is 0.387 e. The van der Waals surface area contributed by atoms with Gasteiger partial charge in [-0.3, -0.25) is 10.3 Å². The van der Waals surface area contributed by atoms with Crippen molar-refractivity contribution in [2.45, 2.75) is 33.2 Å². The first-order chi connectivity index (χ1) is 8.33. The van der Waals surface area contributed by atoms with Crippen LogP contribution in [0.15, 0.2) is 12.4 Å². The van der Waals surface area contributed by atoms with Gasteiger partial charge in [0.25, 0.3) is 0 Å². The third-order valence-electron chi connectivity index (χ3n) is 3.40. The lowest BCUT2D eigenvalue weighted by Crippen LogP contribution is -2.32. The van der Waals surface area contributed by atoms with Gasteiger partial charge in [0.1, 0.15) is 5.82 Å². The van der Waals surface area contributed by atoms with Crippen molar-refractivity contribution in [2.75, 3.05) is 13.6 Å². The fraction of sp³-hybridized carbons (Fsp3) is 0.692. The Bertz CT molecular complexity index is 394. The van der Waals surface area contributed by atoms with Crippen molar-refractivity contribution in [3.8, 4) is 0 Å². The van der Waals surface area contributed by atoms with Crippen LogP contribution in [0, 0.1) is 10.8 Å². The van der Waals surface area contributed by atoms with Crippen LogP contribution in [-0.2, 0) is 13.6 Å². The Morgan fingerprint density at radius 3 is 2.72 bits per heavy atom. The summed E-state index contributed by atoms with van der Waals surface area (Å²) >= 11 is 0. The normalized spacial score (nSPS) is 12.1. The van der Waals surface area contributed by atoms with Crippen molar-refractivity contribution in [2.24, 2.45) is 18.2 Å². The summed E-state index contributed by atoms with van der Waals surface area (Å²) in [6.07, 6.45) is 5.75. The maximum atomic E-state index is 7.52. The molecule has 0 radical (unpaired) electrons. The molecule has 0 spiro atoms. The zero-order chi connectivity index (χ0) is 13.8. The van der Waals surface area contributed by atoms with E-state index >= 15 is 0 Å². The van der Waals surface area contributed by atoms with Crippen molar-refractivity contribution < 1.29 is 0 Å². The van der Waals surface area contributed by atoms with Crippen LogP contribution >= 0.6 is 0 Å². The molecule has 18 heavy (non-hydrogen) atoms. The van der Waals surface area contributed by atoms with Gasteiger partial charge in [0.2, 0.25) is 0 Å². The lowest BCUT2D eigenvalue weighted by atomic mass is 9.86. The first kappa shape index (κ1) is 14.7. The number of aryl methyl sites for hydroxylation is 1. The van der Waals surface area contributed by atoms with Gasteiger partial charge in [-0.05, 0) is 26.4 Å². The number of rotatable bonds is 7. The molecule has 1 aromatic rings. The number of hydrogen-bond acceptors (Lipinski definition) is 3. The standard InChI is InChI=1S/C13H25N5/c1-13(2,12(14)15)6-5-8-17(3)10-11-16-7-9-18(11)4/h7,9H,5-6,8,10H2,1-4H3,(H3,14,15). The third-order valence-corrected chi connectivity index (χ3v) is 3.40. The molecule has 3 N–H and O–H groups in total. The number of aromatic nitrogens is 2. The van der Waals surface area contributed by atoms with Gasteiger partial charge in [-0.1, -0.05) is 13.8 Å². The molecule has 0 aliphatic heterocycles. The van der Waals surface area contributed by atoms with Crippen LogP contribution < -0.4 is 5.73 Å². The molecule has 5 nitrogen and oxygen atoms in total. The number of imidazole rings is 1. The summed E-state index contributed by atoms with van der Waals surface area (Å²) in [4.78, 5) is 6.56. The molecule has 0 saturated heterocycles. The van der Waals surface area contributed by atoms with Gasteiger partial charge in [-0.25, -0.2) is 4.98 Å². The highest BCUT2D eigenvalue weighted by Gasteiger charge is 2.21. The monoisotopic (exact) mass is 251 g/mol. The lowest BCUT2D eigenvalue weighted by Gasteiger charge is -2.24. The molecule has 102 valence electrons. The highest BCUT2D eigenvalue weighted by atomic mass is 15.1. The summed E-state index contributed by atoms with van der Waals surface area (Å²) in [7, 11) is 4.10. The molecule has 5 heteroatoms. The molecule has 1 heterocycles. The Labute approximate surface area is 110 Å². The van der Waals surface area contributed by atoms with Gasteiger partial charge in [0.15, 0.2) is 0 Å². The smallest absolute Gasteiger partial charge is 0.122 e. The van der Waals surface area contributed by atoms with Crippen LogP contribution in [0.5, 0.6) is 0 Å². The van der Waals surface area contributed by atoms with Crippen LogP contribution in [0.1, 0.15) is 32.5 Å². The topological polar surface area (TPSA) is 70.9 Å². The van der Waals surface area contributed by atoms with E-state index in [0.29, 0.717) is 0 Å².